The van der Waals surface area contributed by atoms with Gasteiger partial charge in [0.05, 0.1) is 19.6 Å². The van der Waals surface area contributed by atoms with Crippen molar-refractivity contribution in [2.24, 2.45) is 5.10 Å². The summed E-state index contributed by atoms with van der Waals surface area (Å²) < 4.78 is 5.28. The van der Waals surface area contributed by atoms with Crippen molar-refractivity contribution in [2.75, 3.05) is 7.11 Å². The van der Waals surface area contributed by atoms with Gasteiger partial charge in [0.1, 0.15) is 11.8 Å². The standard InChI is InChI=1S/C28H25N3O4/c1-35-27(34)28-22(19-10-4-2-5-11-19)15-16-23(20-12-6-3-7-13-20)31(28)30-25(26(28)33)24(32)18-21-14-8-9-17-29-21/h2-17,22-23,26,33H,18H2,1H3/t22-,23+,26-,28-/m0/s1. The van der Waals surface area contributed by atoms with Gasteiger partial charge in [-0.25, -0.2) is 4.79 Å². The largest absolute Gasteiger partial charge is 0.467 e. The highest BCUT2D eigenvalue weighted by Crippen LogP contribution is 2.50. The van der Waals surface area contributed by atoms with Crippen LogP contribution in [-0.4, -0.2) is 51.3 Å². The lowest BCUT2D eigenvalue weighted by atomic mass is 9.70. The molecule has 3 heterocycles. The van der Waals surface area contributed by atoms with Gasteiger partial charge in [-0.1, -0.05) is 78.9 Å². The van der Waals surface area contributed by atoms with Crippen LogP contribution >= 0.6 is 0 Å². The molecular weight excluding hydrogens is 442 g/mol. The van der Waals surface area contributed by atoms with Crippen molar-refractivity contribution in [1.82, 2.24) is 9.99 Å². The SMILES string of the molecule is COC(=O)[C@]12[C@@H](O)C(C(=O)Cc3ccccn3)=NN1[C@@H](c1ccccc1)C=C[C@H]2c1ccccc1. The van der Waals surface area contributed by atoms with E-state index in [1.165, 1.54) is 7.11 Å². The van der Waals surface area contributed by atoms with Crippen molar-refractivity contribution in [3.05, 3.63) is 114 Å². The first kappa shape index (κ1) is 22.7. The molecule has 3 aromatic rings. The Labute approximate surface area is 203 Å². The Morgan fingerprint density at radius 3 is 2.23 bits per heavy atom. The van der Waals surface area contributed by atoms with Crippen molar-refractivity contribution >= 4 is 17.5 Å². The second-order valence-electron chi connectivity index (χ2n) is 8.60. The number of aromatic nitrogens is 1. The van der Waals surface area contributed by atoms with Gasteiger partial charge in [-0.2, -0.15) is 5.10 Å². The van der Waals surface area contributed by atoms with Gasteiger partial charge in [0.2, 0.25) is 0 Å². The summed E-state index contributed by atoms with van der Waals surface area (Å²) in [5, 5.41) is 17.9. The minimum atomic E-state index is -1.65. The zero-order chi connectivity index (χ0) is 24.4. The Kier molecular flexibility index (Phi) is 6.01. The van der Waals surface area contributed by atoms with E-state index in [-0.39, 0.29) is 12.1 Å². The van der Waals surface area contributed by atoms with E-state index in [1.54, 1.807) is 29.4 Å². The number of benzene rings is 2. The number of aliphatic hydroxyl groups excluding tert-OH is 1. The topological polar surface area (TPSA) is 92.1 Å². The lowest BCUT2D eigenvalue weighted by molar-refractivity contribution is -0.163. The van der Waals surface area contributed by atoms with Gasteiger partial charge in [0.25, 0.3) is 0 Å². The number of methoxy groups -OCH3 is 1. The average Bonchev–Trinajstić information content (AvgIpc) is 3.23. The number of esters is 1. The van der Waals surface area contributed by atoms with Gasteiger partial charge in [0.15, 0.2) is 11.3 Å². The molecule has 1 N–H and O–H groups in total. The smallest absolute Gasteiger partial charge is 0.337 e. The molecule has 35 heavy (non-hydrogen) atoms. The molecule has 7 nitrogen and oxygen atoms in total. The van der Waals surface area contributed by atoms with E-state index < -0.39 is 35.4 Å². The number of hydrazone groups is 1. The number of pyridine rings is 1. The predicted octanol–water partition coefficient (Wildman–Crippen LogP) is 3.23. The number of aliphatic hydroxyl groups is 1. The Balaban J connectivity index is 1.66. The highest BCUT2D eigenvalue weighted by Gasteiger charge is 2.65. The van der Waals surface area contributed by atoms with Crippen LogP contribution in [0.5, 0.6) is 0 Å². The summed E-state index contributed by atoms with van der Waals surface area (Å²) in [7, 11) is 1.29. The van der Waals surface area contributed by atoms with E-state index in [0.717, 1.165) is 11.1 Å². The molecule has 0 fully saturated rings. The van der Waals surface area contributed by atoms with Gasteiger partial charge in [0, 0.05) is 17.8 Å². The summed E-state index contributed by atoms with van der Waals surface area (Å²) >= 11 is 0. The van der Waals surface area contributed by atoms with Crippen LogP contribution < -0.4 is 0 Å². The number of nitrogens with zero attached hydrogens (tertiary/aromatic N) is 3. The van der Waals surface area contributed by atoms with Crippen LogP contribution in [0.4, 0.5) is 0 Å². The summed E-state index contributed by atoms with van der Waals surface area (Å²) in [5.74, 6) is -1.66. The molecule has 0 radical (unpaired) electrons. The Morgan fingerprint density at radius 1 is 0.943 bits per heavy atom. The number of Topliss-reactive ketones (excluding diaryl/α,β-unsaturated/α-hetero) is 1. The van der Waals surface area contributed by atoms with E-state index >= 15 is 0 Å². The Hall–Kier alpha value is -4.10. The van der Waals surface area contributed by atoms with Crippen molar-refractivity contribution in [1.29, 1.82) is 0 Å². The minimum absolute atomic E-state index is 0.0404. The number of carbonyl (C=O) groups is 2. The minimum Gasteiger partial charge on any atom is -0.467 e. The van der Waals surface area contributed by atoms with Crippen LogP contribution in [0.15, 0.2) is 102 Å². The molecule has 7 heteroatoms. The summed E-state index contributed by atoms with van der Waals surface area (Å²) in [6.45, 7) is 0. The summed E-state index contributed by atoms with van der Waals surface area (Å²) in [4.78, 5) is 31.2. The third kappa shape index (κ3) is 3.74. The molecule has 0 spiro atoms. The number of fused-ring (bicyclic) bond motifs is 1. The van der Waals surface area contributed by atoms with Gasteiger partial charge in [-0.15, -0.1) is 0 Å². The van der Waals surface area contributed by atoms with E-state index in [0.29, 0.717) is 5.69 Å². The van der Waals surface area contributed by atoms with Crippen LogP contribution in [-0.2, 0) is 20.7 Å². The molecule has 0 amide bonds. The molecule has 2 aliphatic rings. The summed E-state index contributed by atoms with van der Waals surface area (Å²) in [6, 6.07) is 23.8. The predicted molar refractivity (Wildman–Crippen MR) is 130 cm³/mol. The van der Waals surface area contributed by atoms with E-state index in [1.807, 2.05) is 72.8 Å². The molecule has 4 atom stereocenters. The molecule has 1 aromatic heterocycles. The van der Waals surface area contributed by atoms with Crippen molar-refractivity contribution < 1.29 is 19.4 Å². The van der Waals surface area contributed by atoms with Crippen LogP contribution in [0.3, 0.4) is 0 Å². The second kappa shape index (κ2) is 9.27. The first-order valence-corrected chi connectivity index (χ1v) is 11.4. The lowest BCUT2D eigenvalue weighted by Crippen LogP contribution is -2.64. The van der Waals surface area contributed by atoms with Gasteiger partial charge < -0.3 is 9.84 Å². The van der Waals surface area contributed by atoms with Crippen LogP contribution in [0.2, 0.25) is 0 Å². The van der Waals surface area contributed by atoms with Crippen LogP contribution in [0, 0.1) is 0 Å². The van der Waals surface area contributed by atoms with Gasteiger partial charge in [-0.05, 0) is 23.3 Å². The maximum absolute atomic E-state index is 13.6. The Morgan fingerprint density at radius 2 is 1.60 bits per heavy atom. The molecule has 5 rings (SSSR count). The summed E-state index contributed by atoms with van der Waals surface area (Å²) in [5.41, 5.74) is 0.505. The van der Waals surface area contributed by atoms with E-state index in [2.05, 4.69) is 10.1 Å². The number of rotatable bonds is 6. The van der Waals surface area contributed by atoms with Gasteiger partial charge >= 0.3 is 5.97 Å². The fourth-order valence-corrected chi connectivity index (χ4v) is 5.03. The van der Waals surface area contributed by atoms with Crippen molar-refractivity contribution in [2.45, 2.75) is 30.0 Å². The first-order chi connectivity index (χ1) is 17.1. The molecule has 0 saturated carbocycles. The molecule has 2 aromatic carbocycles. The number of ether oxygens (including phenoxy) is 1. The lowest BCUT2D eigenvalue weighted by Gasteiger charge is -2.47. The fourth-order valence-electron chi connectivity index (χ4n) is 5.03. The third-order valence-corrected chi connectivity index (χ3v) is 6.66. The third-order valence-electron chi connectivity index (χ3n) is 6.66. The number of carbonyl (C=O) groups excluding carboxylic acids is 2. The molecule has 2 aliphatic heterocycles. The van der Waals surface area contributed by atoms with Gasteiger partial charge in [-0.3, -0.25) is 14.8 Å². The zero-order valence-corrected chi connectivity index (χ0v) is 19.2. The number of hydrogen-bond acceptors (Lipinski definition) is 7. The normalized spacial score (nSPS) is 25.0. The number of hydrogen-bond donors (Lipinski definition) is 1. The quantitative estimate of drug-likeness (QED) is 0.442. The van der Waals surface area contributed by atoms with Crippen molar-refractivity contribution in [3.8, 4) is 0 Å². The second-order valence-corrected chi connectivity index (χ2v) is 8.60. The molecule has 0 saturated heterocycles. The first-order valence-electron chi connectivity index (χ1n) is 11.4. The van der Waals surface area contributed by atoms with E-state index in [9.17, 15) is 14.7 Å². The summed E-state index contributed by atoms with van der Waals surface area (Å²) in [6.07, 6.45) is 3.92. The molecule has 0 bridgehead atoms. The maximum Gasteiger partial charge on any atom is 0.337 e. The van der Waals surface area contributed by atoms with Crippen LogP contribution in [0.1, 0.15) is 28.8 Å². The molecular formula is C28H25N3O4. The molecule has 176 valence electrons. The number of ketones is 1. The molecule has 0 unspecified atom stereocenters. The fraction of sp³-hybridized carbons (Fsp3) is 0.214. The van der Waals surface area contributed by atoms with E-state index in [4.69, 9.17) is 4.74 Å². The monoisotopic (exact) mass is 467 g/mol. The van der Waals surface area contributed by atoms with Crippen LogP contribution in [0.25, 0.3) is 0 Å². The molecule has 0 aliphatic carbocycles. The average molecular weight is 468 g/mol. The highest BCUT2D eigenvalue weighted by atomic mass is 16.5. The van der Waals surface area contributed by atoms with Crippen molar-refractivity contribution in [3.63, 3.8) is 0 Å². The highest BCUT2D eigenvalue weighted by molar-refractivity contribution is 6.43. The maximum atomic E-state index is 13.6. The Bertz CT molecular complexity index is 1280. The zero-order valence-electron chi connectivity index (χ0n) is 19.2.